The maximum absolute atomic E-state index is 11.8. The van der Waals surface area contributed by atoms with E-state index in [2.05, 4.69) is 10.3 Å². The molecular weight excluding hydrogens is 246 g/mol. The molecule has 0 atom stereocenters. The quantitative estimate of drug-likeness (QED) is 0.823. The molecule has 0 saturated carbocycles. The van der Waals surface area contributed by atoms with E-state index in [4.69, 9.17) is 0 Å². The molecule has 0 fully saturated rings. The van der Waals surface area contributed by atoms with Gasteiger partial charge in [-0.25, -0.2) is 0 Å². The number of carbonyl (C=O) groups excluding carboxylic acids is 1. The standard InChI is InChI=1S/C13H21N3OS/c1-4-16(5-2)13(17)10-18-9-12-8-11(14-3)6-7-15-12/h6-8H,4-5,9-10H2,1-3H3,(H,14,15). The molecule has 0 aliphatic heterocycles. The van der Waals surface area contributed by atoms with Crippen LogP contribution in [0.5, 0.6) is 0 Å². The zero-order valence-electron chi connectivity index (χ0n) is 11.3. The molecule has 1 aromatic heterocycles. The molecule has 5 heteroatoms. The van der Waals surface area contributed by atoms with Crippen LogP contribution in [0.2, 0.25) is 0 Å². The Morgan fingerprint density at radius 3 is 2.78 bits per heavy atom. The third-order valence-electron chi connectivity index (χ3n) is 2.70. The summed E-state index contributed by atoms with van der Waals surface area (Å²) < 4.78 is 0. The lowest BCUT2D eigenvalue weighted by molar-refractivity contribution is -0.127. The third kappa shape index (κ3) is 4.56. The average Bonchev–Trinajstić information content (AvgIpc) is 2.40. The number of hydrogen-bond donors (Lipinski definition) is 1. The van der Waals surface area contributed by atoms with E-state index in [-0.39, 0.29) is 5.91 Å². The molecule has 0 aliphatic carbocycles. The lowest BCUT2D eigenvalue weighted by atomic mass is 10.3. The van der Waals surface area contributed by atoms with E-state index < -0.39 is 0 Å². The maximum Gasteiger partial charge on any atom is 0.232 e. The van der Waals surface area contributed by atoms with Crippen molar-refractivity contribution in [1.82, 2.24) is 9.88 Å². The zero-order chi connectivity index (χ0) is 13.4. The molecule has 0 saturated heterocycles. The van der Waals surface area contributed by atoms with Crippen molar-refractivity contribution in [3.63, 3.8) is 0 Å². The van der Waals surface area contributed by atoms with Crippen molar-refractivity contribution in [2.75, 3.05) is 31.2 Å². The SMILES string of the molecule is CCN(CC)C(=O)CSCc1cc(NC)ccn1. The van der Waals surface area contributed by atoms with E-state index in [1.54, 1.807) is 18.0 Å². The van der Waals surface area contributed by atoms with Crippen molar-refractivity contribution in [3.8, 4) is 0 Å². The molecule has 1 heterocycles. The minimum atomic E-state index is 0.203. The summed E-state index contributed by atoms with van der Waals surface area (Å²) in [6, 6.07) is 3.93. The Bertz CT molecular complexity index is 380. The highest BCUT2D eigenvalue weighted by Gasteiger charge is 2.09. The molecule has 0 aliphatic rings. The Hall–Kier alpha value is -1.23. The number of pyridine rings is 1. The molecule has 0 radical (unpaired) electrons. The van der Waals surface area contributed by atoms with Gasteiger partial charge < -0.3 is 10.2 Å². The van der Waals surface area contributed by atoms with Gasteiger partial charge in [0.1, 0.15) is 0 Å². The monoisotopic (exact) mass is 267 g/mol. The van der Waals surface area contributed by atoms with Crippen LogP contribution in [0.1, 0.15) is 19.5 Å². The molecule has 1 rings (SSSR count). The second-order valence-corrected chi connectivity index (χ2v) is 4.83. The number of amides is 1. The molecule has 1 amide bonds. The summed E-state index contributed by atoms with van der Waals surface area (Å²) in [5.41, 5.74) is 2.05. The van der Waals surface area contributed by atoms with Crippen LogP contribution in [0.15, 0.2) is 18.3 Å². The van der Waals surface area contributed by atoms with Gasteiger partial charge in [0.25, 0.3) is 0 Å². The van der Waals surface area contributed by atoms with Gasteiger partial charge in [-0.1, -0.05) is 0 Å². The number of nitrogens with zero attached hydrogens (tertiary/aromatic N) is 2. The Morgan fingerprint density at radius 1 is 1.44 bits per heavy atom. The first-order chi connectivity index (χ1) is 8.71. The van der Waals surface area contributed by atoms with Gasteiger partial charge in [-0.2, -0.15) is 0 Å². The van der Waals surface area contributed by atoms with Crippen LogP contribution < -0.4 is 5.32 Å². The van der Waals surface area contributed by atoms with Crippen LogP contribution in [-0.4, -0.2) is 41.7 Å². The largest absolute Gasteiger partial charge is 0.388 e. The van der Waals surface area contributed by atoms with Crippen molar-refractivity contribution in [2.24, 2.45) is 0 Å². The van der Waals surface area contributed by atoms with Gasteiger partial charge in [0.05, 0.1) is 11.4 Å². The predicted molar refractivity (Wildman–Crippen MR) is 77.9 cm³/mol. The highest BCUT2D eigenvalue weighted by atomic mass is 32.2. The number of rotatable bonds is 7. The molecule has 0 aromatic carbocycles. The summed E-state index contributed by atoms with van der Waals surface area (Å²) in [6.45, 7) is 5.57. The fraction of sp³-hybridized carbons (Fsp3) is 0.538. The lowest BCUT2D eigenvalue weighted by Crippen LogP contribution is -2.31. The molecule has 100 valence electrons. The Labute approximate surface area is 113 Å². The Balaban J connectivity index is 2.39. The fourth-order valence-corrected chi connectivity index (χ4v) is 2.45. The van der Waals surface area contributed by atoms with E-state index in [9.17, 15) is 4.79 Å². The number of anilines is 1. The molecule has 1 N–H and O–H groups in total. The smallest absolute Gasteiger partial charge is 0.232 e. The predicted octanol–water partition coefficient (Wildman–Crippen LogP) is 2.22. The van der Waals surface area contributed by atoms with Gasteiger partial charge in [0.15, 0.2) is 0 Å². The molecule has 4 nitrogen and oxygen atoms in total. The first kappa shape index (κ1) is 14.8. The molecule has 18 heavy (non-hydrogen) atoms. The number of aromatic nitrogens is 1. The third-order valence-corrected chi connectivity index (χ3v) is 3.65. The highest BCUT2D eigenvalue weighted by Crippen LogP contribution is 2.14. The van der Waals surface area contributed by atoms with Gasteiger partial charge in [-0.15, -0.1) is 11.8 Å². The molecule has 0 spiro atoms. The lowest BCUT2D eigenvalue weighted by Gasteiger charge is -2.18. The summed E-state index contributed by atoms with van der Waals surface area (Å²) in [5.74, 6) is 1.49. The van der Waals surface area contributed by atoms with E-state index in [1.807, 2.05) is 37.9 Å². The molecule has 0 bridgehead atoms. The van der Waals surface area contributed by atoms with Gasteiger partial charge in [-0.3, -0.25) is 9.78 Å². The summed E-state index contributed by atoms with van der Waals surface area (Å²) in [4.78, 5) is 17.9. The van der Waals surface area contributed by atoms with Crippen LogP contribution in [0, 0.1) is 0 Å². The normalized spacial score (nSPS) is 10.2. The van der Waals surface area contributed by atoms with Gasteiger partial charge in [-0.05, 0) is 26.0 Å². The number of nitrogens with one attached hydrogen (secondary N) is 1. The zero-order valence-corrected chi connectivity index (χ0v) is 12.1. The van der Waals surface area contributed by atoms with Crippen LogP contribution in [-0.2, 0) is 10.5 Å². The van der Waals surface area contributed by atoms with Crippen LogP contribution >= 0.6 is 11.8 Å². The second kappa shape index (κ2) is 7.97. The Kier molecular flexibility index (Phi) is 6.57. The maximum atomic E-state index is 11.8. The first-order valence-corrected chi connectivity index (χ1v) is 7.34. The van der Waals surface area contributed by atoms with Gasteiger partial charge in [0.2, 0.25) is 5.91 Å². The fourth-order valence-electron chi connectivity index (χ4n) is 1.62. The number of thioether (sulfide) groups is 1. The van der Waals surface area contributed by atoms with Gasteiger partial charge >= 0.3 is 0 Å². The van der Waals surface area contributed by atoms with Crippen LogP contribution in [0.4, 0.5) is 5.69 Å². The van der Waals surface area contributed by atoms with Crippen LogP contribution in [0.3, 0.4) is 0 Å². The van der Waals surface area contributed by atoms with Crippen molar-refractivity contribution in [3.05, 3.63) is 24.0 Å². The van der Waals surface area contributed by atoms with Crippen molar-refractivity contribution >= 4 is 23.4 Å². The van der Waals surface area contributed by atoms with E-state index in [0.717, 1.165) is 30.2 Å². The molecule has 1 aromatic rings. The van der Waals surface area contributed by atoms with E-state index in [0.29, 0.717) is 5.75 Å². The number of carbonyl (C=O) groups is 1. The molecular formula is C13H21N3OS. The average molecular weight is 267 g/mol. The summed E-state index contributed by atoms with van der Waals surface area (Å²) >= 11 is 1.61. The minimum absolute atomic E-state index is 0.203. The molecule has 0 unspecified atom stereocenters. The first-order valence-electron chi connectivity index (χ1n) is 6.19. The summed E-state index contributed by atoms with van der Waals surface area (Å²) in [7, 11) is 1.89. The second-order valence-electron chi connectivity index (χ2n) is 3.84. The minimum Gasteiger partial charge on any atom is -0.388 e. The van der Waals surface area contributed by atoms with Crippen molar-refractivity contribution < 1.29 is 4.79 Å². The van der Waals surface area contributed by atoms with E-state index >= 15 is 0 Å². The summed E-state index contributed by atoms with van der Waals surface area (Å²) in [5, 5.41) is 3.08. The van der Waals surface area contributed by atoms with Crippen molar-refractivity contribution in [1.29, 1.82) is 0 Å². The van der Waals surface area contributed by atoms with Gasteiger partial charge in [0, 0.05) is 37.8 Å². The highest BCUT2D eigenvalue weighted by molar-refractivity contribution is 7.99. The summed E-state index contributed by atoms with van der Waals surface area (Å²) in [6.07, 6.45) is 1.79. The van der Waals surface area contributed by atoms with E-state index in [1.165, 1.54) is 0 Å². The van der Waals surface area contributed by atoms with Crippen LogP contribution in [0.25, 0.3) is 0 Å². The Morgan fingerprint density at radius 2 is 2.17 bits per heavy atom. The number of hydrogen-bond acceptors (Lipinski definition) is 4. The van der Waals surface area contributed by atoms with Crippen molar-refractivity contribution in [2.45, 2.75) is 19.6 Å². The topological polar surface area (TPSA) is 45.2 Å².